The third kappa shape index (κ3) is 6.95. The Bertz CT molecular complexity index is 1660. The highest BCUT2D eigenvalue weighted by Gasteiger charge is 2.18. The van der Waals surface area contributed by atoms with Crippen LogP contribution in [-0.4, -0.2) is 45.0 Å². The number of ether oxygens (including phenoxy) is 2. The van der Waals surface area contributed by atoms with Crippen molar-refractivity contribution in [1.29, 1.82) is 0 Å². The predicted octanol–water partition coefficient (Wildman–Crippen LogP) is 6.10. The second-order valence-corrected chi connectivity index (χ2v) is 9.12. The Hall–Kier alpha value is -5.57. The van der Waals surface area contributed by atoms with Crippen molar-refractivity contribution in [2.24, 2.45) is 0 Å². The smallest absolute Gasteiger partial charge is 0.339 e. The second kappa shape index (κ2) is 13.2. The molecule has 0 saturated heterocycles. The maximum absolute atomic E-state index is 13.5. The van der Waals surface area contributed by atoms with Gasteiger partial charge in [-0.15, -0.1) is 0 Å². The molecule has 0 bridgehead atoms. The summed E-state index contributed by atoms with van der Waals surface area (Å²) in [4.78, 5) is 51.5. The molecule has 4 aromatic rings. The summed E-state index contributed by atoms with van der Waals surface area (Å²) in [5, 5.41) is 2.74. The first kappa shape index (κ1) is 29.4. The molecule has 0 saturated carbocycles. The summed E-state index contributed by atoms with van der Waals surface area (Å²) in [6.45, 7) is 0. The molecule has 2 amide bonds. The number of benzene rings is 4. The molecule has 9 heteroatoms. The van der Waals surface area contributed by atoms with Gasteiger partial charge in [0.15, 0.2) is 0 Å². The zero-order valence-corrected chi connectivity index (χ0v) is 23.1. The number of nitrogens with zero attached hydrogens (tertiary/aromatic N) is 1. The van der Waals surface area contributed by atoms with Gasteiger partial charge < -0.3 is 19.7 Å². The van der Waals surface area contributed by atoms with Crippen molar-refractivity contribution < 1.29 is 33.0 Å². The molecule has 4 aromatic carbocycles. The molecular formula is C33H27FN2O6. The number of hydrogen-bond donors (Lipinski definition) is 1. The van der Waals surface area contributed by atoms with Crippen LogP contribution in [0.2, 0.25) is 0 Å². The SMILES string of the molecule is COC(=O)c1ccc(C(=O)N(C)c2ccc(C(=O)Nc3ccc(C=Cc4cccc(F)c4)cc3C(=O)OC)cc2)cc1. The third-order valence-electron chi connectivity index (χ3n) is 6.39. The topological polar surface area (TPSA) is 102 Å². The van der Waals surface area contributed by atoms with Gasteiger partial charge >= 0.3 is 11.9 Å². The fraction of sp³-hybridized carbons (Fsp3) is 0.0909. The van der Waals surface area contributed by atoms with E-state index in [4.69, 9.17) is 4.74 Å². The maximum Gasteiger partial charge on any atom is 0.339 e. The van der Waals surface area contributed by atoms with Crippen LogP contribution in [-0.2, 0) is 9.47 Å². The number of anilines is 2. The fourth-order valence-corrected chi connectivity index (χ4v) is 4.06. The molecule has 8 nitrogen and oxygen atoms in total. The summed E-state index contributed by atoms with van der Waals surface area (Å²) >= 11 is 0. The van der Waals surface area contributed by atoms with Crippen LogP contribution in [0.3, 0.4) is 0 Å². The van der Waals surface area contributed by atoms with Crippen LogP contribution >= 0.6 is 0 Å². The molecule has 4 rings (SSSR count). The highest BCUT2D eigenvalue weighted by Crippen LogP contribution is 2.23. The molecule has 42 heavy (non-hydrogen) atoms. The monoisotopic (exact) mass is 566 g/mol. The van der Waals surface area contributed by atoms with E-state index in [2.05, 4.69) is 10.1 Å². The van der Waals surface area contributed by atoms with Crippen LogP contribution in [0.15, 0.2) is 91.0 Å². The minimum Gasteiger partial charge on any atom is -0.465 e. The lowest BCUT2D eigenvalue weighted by Crippen LogP contribution is -2.26. The molecule has 0 aromatic heterocycles. The first-order chi connectivity index (χ1) is 20.2. The molecule has 0 unspecified atom stereocenters. The van der Waals surface area contributed by atoms with E-state index in [0.29, 0.717) is 33.5 Å². The molecule has 0 spiro atoms. The van der Waals surface area contributed by atoms with Gasteiger partial charge in [0.2, 0.25) is 0 Å². The average molecular weight is 567 g/mol. The van der Waals surface area contributed by atoms with Crippen LogP contribution in [0.1, 0.15) is 52.6 Å². The highest BCUT2D eigenvalue weighted by molar-refractivity contribution is 6.09. The number of amides is 2. The minimum absolute atomic E-state index is 0.146. The standard InChI is InChI=1S/C33H27FN2O6/c1-36(31(38)24-10-12-25(13-11-24)32(39)41-2)27-16-14-23(15-17-27)30(37)35-29-18-9-22(20-28(29)33(40)42-3)8-7-21-5-4-6-26(34)19-21/h4-20H,1-3H3,(H,35,37). The largest absolute Gasteiger partial charge is 0.465 e. The summed E-state index contributed by atoms with van der Waals surface area (Å²) in [6, 6.07) is 23.4. The maximum atomic E-state index is 13.5. The van der Waals surface area contributed by atoms with E-state index in [0.717, 1.165) is 0 Å². The van der Waals surface area contributed by atoms with Crippen molar-refractivity contribution in [3.05, 3.63) is 130 Å². The van der Waals surface area contributed by atoms with Crippen molar-refractivity contribution in [2.45, 2.75) is 0 Å². The van der Waals surface area contributed by atoms with Gasteiger partial charge in [-0.3, -0.25) is 9.59 Å². The highest BCUT2D eigenvalue weighted by atomic mass is 19.1. The van der Waals surface area contributed by atoms with Crippen molar-refractivity contribution in [3.8, 4) is 0 Å². The number of methoxy groups -OCH3 is 2. The van der Waals surface area contributed by atoms with E-state index in [1.807, 2.05) is 0 Å². The van der Waals surface area contributed by atoms with Gasteiger partial charge in [0.1, 0.15) is 5.82 Å². The molecule has 1 N–H and O–H groups in total. The molecular weight excluding hydrogens is 539 g/mol. The van der Waals surface area contributed by atoms with Gasteiger partial charge in [-0.1, -0.05) is 30.4 Å². The number of carbonyl (C=O) groups excluding carboxylic acids is 4. The van der Waals surface area contributed by atoms with Crippen molar-refractivity contribution in [1.82, 2.24) is 0 Å². The lowest BCUT2D eigenvalue weighted by atomic mass is 10.1. The Morgan fingerprint density at radius 1 is 0.714 bits per heavy atom. The Balaban J connectivity index is 1.47. The van der Waals surface area contributed by atoms with Crippen LogP contribution in [0.4, 0.5) is 15.8 Å². The normalized spacial score (nSPS) is 10.7. The number of nitrogens with one attached hydrogen (secondary N) is 1. The Labute approximate surface area is 242 Å². The molecule has 212 valence electrons. The fourth-order valence-electron chi connectivity index (χ4n) is 4.06. The molecule has 0 aliphatic carbocycles. The van der Waals surface area contributed by atoms with Gasteiger partial charge in [0, 0.05) is 23.9 Å². The van der Waals surface area contributed by atoms with Crippen LogP contribution < -0.4 is 10.2 Å². The van der Waals surface area contributed by atoms with E-state index < -0.39 is 17.8 Å². The molecule has 0 aliphatic rings. The summed E-state index contributed by atoms with van der Waals surface area (Å²) in [7, 11) is 4.12. The lowest BCUT2D eigenvalue weighted by Gasteiger charge is -2.18. The van der Waals surface area contributed by atoms with Gasteiger partial charge in [-0.2, -0.15) is 0 Å². The third-order valence-corrected chi connectivity index (χ3v) is 6.39. The summed E-state index contributed by atoms with van der Waals surface area (Å²) in [6.07, 6.45) is 3.43. The zero-order chi connectivity index (χ0) is 30.2. The number of carbonyl (C=O) groups is 4. The molecule has 0 atom stereocenters. The van der Waals surface area contributed by atoms with Crippen LogP contribution in [0, 0.1) is 5.82 Å². The van der Waals surface area contributed by atoms with E-state index in [1.165, 1.54) is 55.5 Å². The van der Waals surface area contributed by atoms with Crippen LogP contribution in [0.25, 0.3) is 12.2 Å². The number of rotatable bonds is 8. The Morgan fingerprint density at radius 2 is 1.31 bits per heavy atom. The summed E-state index contributed by atoms with van der Waals surface area (Å²) in [5.41, 5.74) is 3.24. The summed E-state index contributed by atoms with van der Waals surface area (Å²) in [5.74, 6) is -2.27. The van der Waals surface area contributed by atoms with E-state index in [1.54, 1.807) is 73.8 Å². The van der Waals surface area contributed by atoms with Crippen LogP contribution in [0.5, 0.6) is 0 Å². The Kier molecular flexibility index (Phi) is 9.24. The summed E-state index contributed by atoms with van der Waals surface area (Å²) < 4.78 is 23.0. The van der Waals surface area contributed by atoms with Crippen molar-refractivity contribution in [3.63, 3.8) is 0 Å². The first-order valence-electron chi connectivity index (χ1n) is 12.7. The van der Waals surface area contributed by atoms with Gasteiger partial charge in [-0.05, 0) is 83.9 Å². The zero-order valence-electron chi connectivity index (χ0n) is 23.1. The quantitative estimate of drug-likeness (QED) is 0.204. The van der Waals surface area contributed by atoms with Crippen molar-refractivity contribution in [2.75, 3.05) is 31.5 Å². The first-order valence-corrected chi connectivity index (χ1v) is 12.7. The number of esters is 2. The predicted molar refractivity (Wildman–Crippen MR) is 158 cm³/mol. The van der Waals surface area contributed by atoms with E-state index >= 15 is 0 Å². The van der Waals surface area contributed by atoms with Gasteiger partial charge in [-0.25, -0.2) is 14.0 Å². The molecule has 0 fully saturated rings. The minimum atomic E-state index is -0.638. The average Bonchev–Trinajstić information content (AvgIpc) is 3.03. The molecule has 0 radical (unpaired) electrons. The van der Waals surface area contributed by atoms with E-state index in [9.17, 15) is 23.6 Å². The van der Waals surface area contributed by atoms with Gasteiger partial charge in [0.05, 0.1) is 31.0 Å². The number of hydrogen-bond acceptors (Lipinski definition) is 6. The number of halogens is 1. The van der Waals surface area contributed by atoms with Gasteiger partial charge in [0.25, 0.3) is 11.8 Å². The van der Waals surface area contributed by atoms with E-state index in [-0.39, 0.29) is 23.0 Å². The molecule has 0 heterocycles. The lowest BCUT2D eigenvalue weighted by molar-refractivity contribution is 0.0592. The Morgan fingerprint density at radius 3 is 1.93 bits per heavy atom. The molecule has 0 aliphatic heterocycles. The van der Waals surface area contributed by atoms with Crippen molar-refractivity contribution >= 4 is 47.3 Å². The second-order valence-electron chi connectivity index (χ2n) is 9.12.